The van der Waals surface area contributed by atoms with E-state index in [-0.39, 0.29) is 12.5 Å². The Balaban J connectivity index is 1.52. The van der Waals surface area contributed by atoms with Crippen LogP contribution in [0.25, 0.3) is 0 Å². The van der Waals surface area contributed by atoms with Gasteiger partial charge in [-0.3, -0.25) is 4.79 Å². The molecule has 3 rings (SSSR count). The zero-order valence-corrected chi connectivity index (χ0v) is 18.6. The van der Waals surface area contributed by atoms with E-state index in [9.17, 15) is 4.79 Å². The third-order valence-corrected chi connectivity index (χ3v) is 4.98. The number of ether oxygens (including phenoxy) is 2. The quantitative estimate of drug-likeness (QED) is 0.478. The van der Waals surface area contributed by atoms with Crippen LogP contribution in [0.2, 0.25) is 0 Å². The van der Waals surface area contributed by atoms with Crippen LogP contribution >= 0.6 is 0 Å². The summed E-state index contributed by atoms with van der Waals surface area (Å²) in [5.41, 5.74) is 3.61. The summed E-state index contributed by atoms with van der Waals surface area (Å²) in [7, 11) is 3.43. The summed E-state index contributed by atoms with van der Waals surface area (Å²) in [5.74, 6) is 2.39. The number of carbonyl (C=O) groups is 1. The molecule has 0 spiro atoms. The van der Waals surface area contributed by atoms with Crippen molar-refractivity contribution >= 4 is 11.9 Å². The summed E-state index contributed by atoms with van der Waals surface area (Å²) in [5, 5.41) is 6.69. The van der Waals surface area contributed by atoms with Crippen molar-refractivity contribution in [3.05, 3.63) is 59.2 Å². The molecule has 0 saturated carbocycles. The summed E-state index contributed by atoms with van der Waals surface area (Å²) in [4.78, 5) is 17.9. The fourth-order valence-electron chi connectivity index (χ4n) is 3.24. The summed E-state index contributed by atoms with van der Waals surface area (Å²) >= 11 is 0. The molecular weight excluding hydrogens is 392 g/mol. The van der Waals surface area contributed by atoms with Crippen LogP contribution in [0.5, 0.6) is 11.5 Å². The standard InChI is InChI=1S/C24H32N4O3/c1-4-25-24(26-12-10-18-8-9-22-20(14-18)11-13-30-22)27-16-19-6-5-7-21(15-19)31-17-23(29)28(2)3/h5-9,14-15H,4,10-13,16-17H2,1-3H3,(H2,25,26,27). The maximum atomic E-state index is 11.7. The van der Waals surface area contributed by atoms with E-state index in [0.717, 1.165) is 49.8 Å². The Morgan fingerprint density at radius 3 is 2.84 bits per heavy atom. The smallest absolute Gasteiger partial charge is 0.259 e. The number of aliphatic imine (C=N–C) groups is 1. The molecule has 1 aliphatic rings. The second-order valence-corrected chi connectivity index (χ2v) is 7.64. The van der Waals surface area contributed by atoms with Crippen LogP contribution in [0, 0.1) is 0 Å². The molecule has 2 aromatic carbocycles. The molecule has 0 radical (unpaired) electrons. The molecule has 0 aliphatic carbocycles. The molecule has 7 nitrogen and oxygen atoms in total. The van der Waals surface area contributed by atoms with Crippen molar-refractivity contribution in [3.63, 3.8) is 0 Å². The van der Waals surface area contributed by atoms with Crippen LogP contribution in [0.3, 0.4) is 0 Å². The monoisotopic (exact) mass is 424 g/mol. The van der Waals surface area contributed by atoms with Gasteiger partial charge in [0, 0.05) is 33.6 Å². The zero-order chi connectivity index (χ0) is 22.1. The van der Waals surface area contributed by atoms with E-state index in [1.165, 1.54) is 16.0 Å². The van der Waals surface area contributed by atoms with E-state index in [1.807, 2.05) is 31.2 Å². The van der Waals surface area contributed by atoms with E-state index in [4.69, 9.17) is 9.47 Å². The van der Waals surface area contributed by atoms with Gasteiger partial charge in [0.15, 0.2) is 12.6 Å². The molecule has 31 heavy (non-hydrogen) atoms. The lowest BCUT2D eigenvalue weighted by molar-refractivity contribution is -0.130. The maximum absolute atomic E-state index is 11.7. The van der Waals surface area contributed by atoms with Gasteiger partial charge in [0.2, 0.25) is 0 Å². The Morgan fingerprint density at radius 2 is 2.03 bits per heavy atom. The number of carbonyl (C=O) groups excluding carboxylic acids is 1. The van der Waals surface area contributed by atoms with E-state index < -0.39 is 0 Å². The lowest BCUT2D eigenvalue weighted by atomic mass is 10.1. The highest BCUT2D eigenvalue weighted by atomic mass is 16.5. The average molecular weight is 425 g/mol. The highest BCUT2D eigenvalue weighted by molar-refractivity contribution is 5.79. The van der Waals surface area contributed by atoms with Crippen molar-refractivity contribution in [2.24, 2.45) is 4.99 Å². The Bertz CT molecular complexity index is 911. The van der Waals surface area contributed by atoms with Crippen molar-refractivity contribution in [3.8, 4) is 11.5 Å². The van der Waals surface area contributed by atoms with E-state index >= 15 is 0 Å². The van der Waals surface area contributed by atoms with Gasteiger partial charge in [-0.2, -0.15) is 0 Å². The van der Waals surface area contributed by atoms with Crippen molar-refractivity contribution in [2.45, 2.75) is 26.3 Å². The van der Waals surface area contributed by atoms with E-state index in [2.05, 4.69) is 33.8 Å². The third kappa shape index (κ3) is 6.91. The summed E-state index contributed by atoms with van der Waals surface area (Å²) in [6.45, 7) is 4.96. The molecule has 2 aromatic rings. The fraction of sp³-hybridized carbons (Fsp3) is 0.417. The van der Waals surface area contributed by atoms with Crippen LogP contribution < -0.4 is 20.1 Å². The topological polar surface area (TPSA) is 75.2 Å². The minimum absolute atomic E-state index is 0.0265. The second kappa shape index (κ2) is 11.2. The zero-order valence-electron chi connectivity index (χ0n) is 18.6. The van der Waals surface area contributed by atoms with E-state index in [0.29, 0.717) is 12.3 Å². The molecular formula is C24H32N4O3. The predicted molar refractivity (Wildman–Crippen MR) is 123 cm³/mol. The van der Waals surface area contributed by atoms with Crippen molar-refractivity contribution in [1.82, 2.24) is 15.5 Å². The molecule has 7 heteroatoms. The first-order valence-corrected chi connectivity index (χ1v) is 10.7. The number of likely N-dealkylation sites (N-methyl/N-ethyl adjacent to an activating group) is 1. The third-order valence-electron chi connectivity index (χ3n) is 4.98. The number of fused-ring (bicyclic) bond motifs is 1. The first kappa shape index (κ1) is 22.5. The Kier molecular flexibility index (Phi) is 8.15. The highest BCUT2D eigenvalue weighted by Gasteiger charge is 2.12. The van der Waals surface area contributed by atoms with E-state index in [1.54, 1.807) is 14.1 Å². The van der Waals surface area contributed by atoms with Crippen molar-refractivity contribution < 1.29 is 14.3 Å². The molecule has 0 aromatic heterocycles. The molecule has 1 aliphatic heterocycles. The van der Waals surface area contributed by atoms with Crippen LogP contribution in [-0.2, 0) is 24.2 Å². The molecule has 0 saturated heterocycles. The lowest BCUT2D eigenvalue weighted by Gasteiger charge is -2.13. The van der Waals surface area contributed by atoms with Crippen LogP contribution in [0.1, 0.15) is 23.6 Å². The normalized spacial score (nSPS) is 12.7. The molecule has 0 bridgehead atoms. The van der Waals surface area contributed by atoms with Gasteiger partial charge >= 0.3 is 0 Å². The molecule has 0 unspecified atom stereocenters. The first-order valence-electron chi connectivity index (χ1n) is 10.7. The molecule has 166 valence electrons. The largest absolute Gasteiger partial charge is 0.493 e. The maximum Gasteiger partial charge on any atom is 0.259 e. The van der Waals surface area contributed by atoms with Gasteiger partial charge in [0.05, 0.1) is 13.2 Å². The second-order valence-electron chi connectivity index (χ2n) is 7.64. The van der Waals surface area contributed by atoms with Gasteiger partial charge in [-0.25, -0.2) is 4.99 Å². The van der Waals surface area contributed by atoms with Gasteiger partial charge in [-0.15, -0.1) is 0 Å². The number of hydrogen-bond acceptors (Lipinski definition) is 4. The number of amides is 1. The Hall–Kier alpha value is -3.22. The number of guanidine groups is 1. The van der Waals surface area contributed by atoms with Gasteiger partial charge in [0.1, 0.15) is 11.5 Å². The minimum atomic E-state index is -0.0713. The van der Waals surface area contributed by atoms with Crippen molar-refractivity contribution in [2.75, 3.05) is 40.4 Å². The van der Waals surface area contributed by atoms with Crippen molar-refractivity contribution in [1.29, 1.82) is 0 Å². The summed E-state index contributed by atoms with van der Waals surface area (Å²) in [6, 6.07) is 14.1. The average Bonchev–Trinajstić information content (AvgIpc) is 3.24. The summed E-state index contributed by atoms with van der Waals surface area (Å²) < 4.78 is 11.2. The van der Waals surface area contributed by atoms with Crippen LogP contribution in [-0.4, -0.2) is 57.2 Å². The number of nitrogens with zero attached hydrogens (tertiary/aromatic N) is 2. The SMILES string of the molecule is CCNC(=NCc1cccc(OCC(=O)N(C)C)c1)NCCc1ccc2c(c1)CCO2. The predicted octanol–water partition coefficient (Wildman–Crippen LogP) is 2.39. The van der Waals surface area contributed by atoms with Gasteiger partial charge < -0.3 is 25.0 Å². The minimum Gasteiger partial charge on any atom is -0.493 e. The highest BCUT2D eigenvalue weighted by Crippen LogP contribution is 2.25. The number of hydrogen-bond donors (Lipinski definition) is 2. The van der Waals surface area contributed by atoms with Crippen LogP contribution in [0.15, 0.2) is 47.5 Å². The number of nitrogens with one attached hydrogen (secondary N) is 2. The van der Waals surface area contributed by atoms with Gasteiger partial charge in [-0.05, 0) is 48.2 Å². The van der Waals surface area contributed by atoms with Gasteiger partial charge in [0.25, 0.3) is 5.91 Å². The first-order chi connectivity index (χ1) is 15.0. The Morgan fingerprint density at radius 1 is 1.16 bits per heavy atom. The number of rotatable bonds is 9. The van der Waals surface area contributed by atoms with Crippen LogP contribution in [0.4, 0.5) is 0 Å². The molecule has 0 fully saturated rings. The molecule has 2 N–H and O–H groups in total. The molecule has 1 heterocycles. The number of benzene rings is 2. The molecule has 0 atom stereocenters. The Labute approximate surface area is 184 Å². The fourth-order valence-corrected chi connectivity index (χ4v) is 3.24. The molecule has 1 amide bonds. The van der Waals surface area contributed by atoms with Gasteiger partial charge in [-0.1, -0.05) is 24.3 Å². The lowest BCUT2D eigenvalue weighted by Crippen LogP contribution is -2.38. The summed E-state index contributed by atoms with van der Waals surface area (Å²) in [6.07, 6.45) is 1.91.